The lowest BCUT2D eigenvalue weighted by atomic mass is 9.97. The van der Waals surface area contributed by atoms with Gasteiger partial charge in [0.25, 0.3) is 0 Å². The SMILES string of the molecule is CCC1CNC(C)(C)CN1c1cn(C)nc1C. The van der Waals surface area contributed by atoms with Gasteiger partial charge in [0.1, 0.15) is 0 Å². The normalized spacial score (nSPS) is 24.1. The van der Waals surface area contributed by atoms with Crippen molar-refractivity contribution in [3.63, 3.8) is 0 Å². The first-order valence-corrected chi connectivity index (χ1v) is 6.45. The van der Waals surface area contributed by atoms with Crippen molar-refractivity contribution >= 4 is 5.69 Å². The zero-order valence-corrected chi connectivity index (χ0v) is 11.6. The molecule has 0 amide bonds. The molecule has 1 N–H and O–H groups in total. The molecule has 0 saturated carbocycles. The lowest BCUT2D eigenvalue weighted by Crippen LogP contribution is -2.61. The predicted molar refractivity (Wildman–Crippen MR) is 71.5 cm³/mol. The zero-order valence-electron chi connectivity index (χ0n) is 11.6. The molecular weight excluding hydrogens is 212 g/mol. The third kappa shape index (κ3) is 2.46. The number of hydrogen-bond donors (Lipinski definition) is 1. The van der Waals surface area contributed by atoms with E-state index in [9.17, 15) is 0 Å². The van der Waals surface area contributed by atoms with E-state index in [0.717, 1.165) is 25.2 Å². The maximum atomic E-state index is 4.46. The Labute approximate surface area is 104 Å². The van der Waals surface area contributed by atoms with Gasteiger partial charge in [-0.15, -0.1) is 0 Å². The summed E-state index contributed by atoms with van der Waals surface area (Å²) < 4.78 is 1.91. The first-order valence-electron chi connectivity index (χ1n) is 6.45. The van der Waals surface area contributed by atoms with Gasteiger partial charge in [-0.2, -0.15) is 5.10 Å². The molecule has 2 heterocycles. The molecule has 1 saturated heterocycles. The van der Waals surface area contributed by atoms with Crippen LogP contribution in [0.5, 0.6) is 0 Å². The molecular formula is C13H24N4. The van der Waals surface area contributed by atoms with Crippen LogP contribution >= 0.6 is 0 Å². The minimum atomic E-state index is 0.175. The van der Waals surface area contributed by atoms with Gasteiger partial charge in [0, 0.05) is 37.9 Å². The molecule has 4 heteroatoms. The molecule has 1 unspecified atom stereocenters. The van der Waals surface area contributed by atoms with E-state index >= 15 is 0 Å². The number of nitrogens with one attached hydrogen (secondary N) is 1. The monoisotopic (exact) mass is 236 g/mol. The highest BCUT2D eigenvalue weighted by molar-refractivity contribution is 5.51. The van der Waals surface area contributed by atoms with E-state index in [-0.39, 0.29) is 5.54 Å². The van der Waals surface area contributed by atoms with Gasteiger partial charge in [-0.3, -0.25) is 4.68 Å². The van der Waals surface area contributed by atoms with Gasteiger partial charge in [-0.1, -0.05) is 6.92 Å². The summed E-state index contributed by atoms with van der Waals surface area (Å²) in [5, 5.41) is 8.07. The van der Waals surface area contributed by atoms with Crippen molar-refractivity contribution in [2.75, 3.05) is 18.0 Å². The molecule has 1 aliphatic rings. The molecule has 0 spiro atoms. The van der Waals surface area contributed by atoms with Crippen LogP contribution in [0.25, 0.3) is 0 Å². The molecule has 0 aliphatic carbocycles. The Morgan fingerprint density at radius 1 is 1.53 bits per heavy atom. The highest BCUT2D eigenvalue weighted by Crippen LogP contribution is 2.26. The molecule has 0 bridgehead atoms. The number of aromatic nitrogens is 2. The Morgan fingerprint density at radius 2 is 2.24 bits per heavy atom. The van der Waals surface area contributed by atoms with E-state index in [4.69, 9.17) is 0 Å². The van der Waals surface area contributed by atoms with Gasteiger partial charge in [0.2, 0.25) is 0 Å². The summed E-state index contributed by atoms with van der Waals surface area (Å²) in [7, 11) is 1.99. The predicted octanol–water partition coefficient (Wildman–Crippen LogP) is 1.70. The second kappa shape index (κ2) is 4.33. The molecule has 4 nitrogen and oxygen atoms in total. The summed E-state index contributed by atoms with van der Waals surface area (Å²) in [5.41, 5.74) is 2.59. The fraction of sp³-hybridized carbons (Fsp3) is 0.769. The summed E-state index contributed by atoms with van der Waals surface area (Å²) in [5.74, 6) is 0. The van der Waals surface area contributed by atoms with E-state index in [1.807, 2.05) is 11.7 Å². The largest absolute Gasteiger partial charge is 0.363 e. The Hall–Kier alpha value is -1.03. The summed E-state index contributed by atoms with van der Waals surface area (Å²) >= 11 is 0. The average Bonchev–Trinajstić information content (AvgIpc) is 2.56. The van der Waals surface area contributed by atoms with E-state index < -0.39 is 0 Å². The molecule has 0 aromatic carbocycles. The van der Waals surface area contributed by atoms with Gasteiger partial charge in [0.05, 0.1) is 11.4 Å². The van der Waals surface area contributed by atoms with Crippen LogP contribution in [0.15, 0.2) is 6.20 Å². The number of hydrogen-bond acceptors (Lipinski definition) is 3. The zero-order chi connectivity index (χ0) is 12.6. The van der Waals surface area contributed by atoms with Crippen molar-refractivity contribution in [3.05, 3.63) is 11.9 Å². The number of aryl methyl sites for hydroxylation is 2. The Bertz CT molecular complexity index is 394. The average molecular weight is 236 g/mol. The number of anilines is 1. The van der Waals surface area contributed by atoms with E-state index in [0.29, 0.717) is 6.04 Å². The molecule has 1 atom stereocenters. The highest BCUT2D eigenvalue weighted by Gasteiger charge is 2.32. The maximum Gasteiger partial charge on any atom is 0.0827 e. The van der Waals surface area contributed by atoms with Crippen molar-refractivity contribution in [2.45, 2.75) is 45.7 Å². The summed E-state index contributed by atoms with van der Waals surface area (Å²) in [6.07, 6.45) is 3.30. The van der Waals surface area contributed by atoms with Crippen LogP contribution < -0.4 is 10.2 Å². The second-order valence-corrected chi connectivity index (χ2v) is 5.73. The Morgan fingerprint density at radius 3 is 2.76 bits per heavy atom. The molecule has 17 heavy (non-hydrogen) atoms. The minimum absolute atomic E-state index is 0.175. The van der Waals surface area contributed by atoms with Gasteiger partial charge in [-0.25, -0.2) is 0 Å². The third-order valence-electron chi connectivity index (χ3n) is 3.59. The van der Waals surface area contributed by atoms with Crippen LogP contribution in [-0.4, -0.2) is 34.5 Å². The summed E-state index contributed by atoms with van der Waals surface area (Å²) in [4.78, 5) is 2.51. The van der Waals surface area contributed by atoms with Gasteiger partial charge >= 0.3 is 0 Å². The molecule has 96 valence electrons. The molecule has 0 radical (unpaired) electrons. The van der Waals surface area contributed by atoms with Crippen LogP contribution in [-0.2, 0) is 7.05 Å². The second-order valence-electron chi connectivity index (χ2n) is 5.73. The smallest absolute Gasteiger partial charge is 0.0827 e. The van der Waals surface area contributed by atoms with Gasteiger partial charge in [-0.05, 0) is 27.2 Å². The van der Waals surface area contributed by atoms with Crippen LogP contribution in [0.3, 0.4) is 0 Å². The molecule has 1 aromatic heterocycles. The van der Waals surface area contributed by atoms with E-state index in [1.54, 1.807) is 0 Å². The van der Waals surface area contributed by atoms with Crippen molar-refractivity contribution in [2.24, 2.45) is 7.05 Å². The van der Waals surface area contributed by atoms with Crippen molar-refractivity contribution in [3.8, 4) is 0 Å². The van der Waals surface area contributed by atoms with Crippen molar-refractivity contribution in [1.82, 2.24) is 15.1 Å². The first kappa shape index (κ1) is 12.4. The minimum Gasteiger partial charge on any atom is -0.363 e. The van der Waals surface area contributed by atoms with Gasteiger partial charge in [0.15, 0.2) is 0 Å². The van der Waals surface area contributed by atoms with Crippen LogP contribution in [0.2, 0.25) is 0 Å². The topological polar surface area (TPSA) is 33.1 Å². The lowest BCUT2D eigenvalue weighted by molar-refractivity contribution is 0.306. The molecule has 1 fully saturated rings. The quantitative estimate of drug-likeness (QED) is 0.848. The standard InChI is InChI=1S/C13H24N4/c1-6-11-7-14-13(3,4)9-17(11)12-8-16(5)15-10(12)2/h8,11,14H,6-7,9H2,1-5H3. The molecule has 1 aliphatic heterocycles. The van der Waals surface area contributed by atoms with Crippen LogP contribution in [0, 0.1) is 6.92 Å². The maximum absolute atomic E-state index is 4.46. The van der Waals surface area contributed by atoms with Crippen LogP contribution in [0.1, 0.15) is 32.9 Å². The summed E-state index contributed by atoms with van der Waals surface area (Å²) in [6, 6.07) is 0.575. The van der Waals surface area contributed by atoms with Gasteiger partial charge < -0.3 is 10.2 Å². The molecule has 1 aromatic rings. The van der Waals surface area contributed by atoms with E-state index in [2.05, 4.69) is 49.2 Å². The summed E-state index contributed by atoms with van der Waals surface area (Å²) in [6.45, 7) is 11.0. The lowest BCUT2D eigenvalue weighted by Gasteiger charge is -2.45. The third-order valence-corrected chi connectivity index (χ3v) is 3.59. The number of rotatable bonds is 2. The highest BCUT2D eigenvalue weighted by atomic mass is 15.3. The fourth-order valence-corrected chi connectivity index (χ4v) is 2.63. The number of nitrogens with zero attached hydrogens (tertiary/aromatic N) is 3. The fourth-order valence-electron chi connectivity index (χ4n) is 2.63. The van der Waals surface area contributed by atoms with Crippen molar-refractivity contribution < 1.29 is 0 Å². The first-order chi connectivity index (χ1) is 7.93. The van der Waals surface area contributed by atoms with Crippen molar-refractivity contribution in [1.29, 1.82) is 0 Å². The Balaban J connectivity index is 2.29. The van der Waals surface area contributed by atoms with Crippen LogP contribution in [0.4, 0.5) is 5.69 Å². The van der Waals surface area contributed by atoms with E-state index in [1.165, 1.54) is 5.69 Å². The molecule has 2 rings (SSSR count). The Kier molecular flexibility index (Phi) is 3.17. The number of piperazine rings is 1.